The number of hydrogen-bond acceptors (Lipinski definition) is 6. The summed E-state index contributed by atoms with van der Waals surface area (Å²) >= 11 is 0. The van der Waals surface area contributed by atoms with Crippen molar-refractivity contribution in [1.29, 1.82) is 5.26 Å². The SMILES string of the molecule is CC(C)(C)OC(=O)N1C=CC2=CC(c3cc4c(-c5ccc(OC6CCOCC6)c(C#N)c5)ccnc4[nH]3)=CCC21. The highest BCUT2D eigenvalue weighted by Crippen LogP contribution is 2.37. The summed E-state index contributed by atoms with van der Waals surface area (Å²) < 4.78 is 17.1. The number of nitrogens with zero attached hydrogens (tertiary/aromatic N) is 3. The van der Waals surface area contributed by atoms with E-state index in [1.54, 1.807) is 17.3 Å². The van der Waals surface area contributed by atoms with E-state index in [9.17, 15) is 10.1 Å². The normalized spacial score (nSPS) is 19.1. The second-order valence-corrected chi connectivity index (χ2v) is 11.3. The second kappa shape index (κ2) is 10.3. The first-order chi connectivity index (χ1) is 19.3. The molecule has 4 heterocycles. The van der Waals surface area contributed by atoms with E-state index >= 15 is 0 Å². The molecule has 8 heteroatoms. The first kappa shape index (κ1) is 25.9. The minimum Gasteiger partial charge on any atom is -0.489 e. The van der Waals surface area contributed by atoms with Gasteiger partial charge in [-0.25, -0.2) is 9.78 Å². The molecule has 1 saturated heterocycles. The average Bonchev–Trinajstić information content (AvgIpc) is 3.57. The number of fused-ring (bicyclic) bond motifs is 2. The summed E-state index contributed by atoms with van der Waals surface area (Å²) in [7, 11) is 0. The van der Waals surface area contributed by atoms with Crippen LogP contribution in [0.3, 0.4) is 0 Å². The minimum atomic E-state index is -0.547. The van der Waals surface area contributed by atoms with E-state index < -0.39 is 5.60 Å². The first-order valence-corrected chi connectivity index (χ1v) is 13.7. The van der Waals surface area contributed by atoms with Crippen LogP contribution in [0.2, 0.25) is 0 Å². The van der Waals surface area contributed by atoms with Gasteiger partial charge < -0.3 is 19.2 Å². The van der Waals surface area contributed by atoms with E-state index in [2.05, 4.69) is 34.3 Å². The van der Waals surface area contributed by atoms with Gasteiger partial charge in [0.1, 0.15) is 29.2 Å². The number of aromatic amines is 1. The maximum Gasteiger partial charge on any atom is 0.414 e. The van der Waals surface area contributed by atoms with Crippen LogP contribution in [0.5, 0.6) is 5.75 Å². The molecule has 0 spiro atoms. The summed E-state index contributed by atoms with van der Waals surface area (Å²) in [5.41, 5.74) is 5.71. The van der Waals surface area contributed by atoms with Gasteiger partial charge in [-0.3, -0.25) is 4.90 Å². The van der Waals surface area contributed by atoms with Crippen LogP contribution >= 0.6 is 0 Å². The third-order valence-corrected chi connectivity index (χ3v) is 7.35. The highest BCUT2D eigenvalue weighted by atomic mass is 16.6. The molecule has 1 N–H and O–H groups in total. The molecule has 6 rings (SSSR count). The fourth-order valence-electron chi connectivity index (χ4n) is 5.40. The van der Waals surface area contributed by atoms with Gasteiger partial charge in [-0.1, -0.05) is 12.1 Å². The number of benzene rings is 1. The van der Waals surface area contributed by atoms with E-state index in [0.717, 1.165) is 51.8 Å². The van der Waals surface area contributed by atoms with Crippen LogP contribution in [0.15, 0.2) is 66.5 Å². The number of carbonyl (C=O) groups is 1. The van der Waals surface area contributed by atoms with Gasteiger partial charge in [0.2, 0.25) is 0 Å². The maximum absolute atomic E-state index is 12.7. The summed E-state index contributed by atoms with van der Waals surface area (Å²) in [6.45, 7) is 6.97. The number of nitriles is 1. The van der Waals surface area contributed by atoms with Gasteiger partial charge >= 0.3 is 6.09 Å². The van der Waals surface area contributed by atoms with Gasteiger partial charge in [-0.15, -0.1) is 0 Å². The number of H-pyrrole nitrogens is 1. The van der Waals surface area contributed by atoms with Crippen LogP contribution in [-0.4, -0.2) is 51.9 Å². The monoisotopic (exact) mass is 536 g/mol. The molecule has 40 heavy (non-hydrogen) atoms. The number of amides is 1. The standard InChI is InChI=1S/C32H32N4O4/c1-32(2,3)40-31(37)36-13-9-22-17-21(4-6-28(22)36)27-18-26-25(8-12-34-30(26)35-27)20-5-7-29(23(16-20)19-33)39-24-10-14-38-15-11-24/h4-5,7-9,12-13,16-18,24,28H,6,10-11,14-15H2,1-3H3,(H,34,35). The van der Waals surface area contributed by atoms with Crippen molar-refractivity contribution in [3.63, 3.8) is 0 Å². The number of aromatic nitrogens is 2. The van der Waals surface area contributed by atoms with Crippen molar-refractivity contribution in [3.8, 4) is 22.9 Å². The molecule has 1 aromatic carbocycles. The summed E-state index contributed by atoms with van der Waals surface area (Å²) in [6, 6.07) is 12.1. The number of rotatable bonds is 4. The summed E-state index contributed by atoms with van der Waals surface area (Å²) in [5, 5.41) is 10.8. The van der Waals surface area contributed by atoms with Crippen molar-refractivity contribution in [2.45, 2.75) is 57.8 Å². The van der Waals surface area contributed by atoms with E-state index in [1.165, 1.54) is 0 Å². The lowest BCUT2D eigenvalue weighted by Gasteiger charge is -2.29. The summed E-state index contributed by atoms with van der Waals surface area (Å²) in [5.74, 6) is 0.608. The molecule has 2 aromatic heterocycles. The Hall–Kier alpha value is -4.35. The van der Waals surface area contributed by atoms with Crippen LogP contribution < -0.4 is 4.74 Å². The third kappa shape index (κ3) is 5.13. The fraction of sp³-hybridized carbons (Fsp3) is 0.344. The molecule has 0 saturated carbocycles. The molecule has 8 nitrogen and oxygen atoms in total. The maximum atomic E-state index is 12.7. The molecule has 3 aromatic rings. The summed E-state index contributed by atoms with van der Waals surface area (Å²) in [6.07, 6.45) is 11.9. The Morgan fingerprint density at radius 3 is 2.80 bits per heavy atom. The third-order valence-electron chi connectivity index (χ3n) is 7.35. The van der Waals surface area contributed by atoms with Gasteiger partial charge in [-0.2, -0.15) is 5.26 Å². The average molecular weight is 537 g/mol. The van der Waals surface area contributed by atoms with E-state index in [1.807, 2.05) is 51.1 Å². The molecule has 1 amide bonds. The van der Waals surface area contributed by atoms with Crippen molar-refractivity contribution in [1.82, 2.24) is 14.9 Å². The van der Waals surface area contributed by atoms with Crippen LogP contribution in [0.4, 0.5) is 4.79 Å². The van der Waals surface area contributed by atoms with Gasteiger partial charge in [-0.05, 0) is 85.9 Å². The van der Waals surface area contributed by atoms with Crippen molar-refractivity contribution in [2.24, 2.45) is 0 Å². The lowest BCUT2D eigenvalue weighted by atomic mass is 9.94. The molecule has 0 bridgehead atoms. The Labute approximate surface area is 233 Å². The summed E-state index contributed by atoms with van der Waals surface area (Å²) in [4.78, 5) is 22.4. The molecule has 3 aliphatic rings. The van der Waals surface area contributed by atoms with E-state index in [-0.39, 0.29) is 18.2 Å². The molecule has 0 radical (unpaired) electrons. The zero-order valence-corrected chi connectivity index (χ0v) is 22.9. The molecule has 2 aliphatic heterocycles. The molecule has 1 fully saturated rings. The Kier molecular flexibility index (Phi) is 6.68. The molecule has 204 valence electrons. The molecule has 1 atom stereocenters. The van der Waals surface area contributed by atoms with Gasteiger partial charge in [0, 0.05) is 36.3 Å². The smallest absolute Gasteiger partial charge is 0.414 e. The number of allylic oxidation sites excluding steroid dienone is 2. The largest absolute Gasteiger partial charge is 0.489 e. The topological polar surface area (TPSA) is 100 Å². The number of ether oxygens (including phenoxy) is 3. The number of pyridine rings is 1. The van der Waals surface area contributed by atoms with Crippen LogP contribution in [0.1, 0.15) is 51.3 Å². The molecular weight excluding hydrogens is 504 g/mol. The van der Waals surface area contributed by atoms with Crippen LogP contribution in [0.25, 0.3) is 27.7 Å². The number of nitrogens with one attached hydrogen (secondary N) is 1. The highest BCUT2D eigenvalue weighted by Gasteiger charge is 2.33. The lowest BCUT2D eigenvalue weighted by molar-refractivity contribution is 0.0254. The fourth-order valence-corrected chi connectivity index (χ4v) is 5.40. The number of hydrogen-bond donors (Lipinski definition) is 1. The zero-order chi connectivity index (χ0) is 27.9. The number of carbonyl (C=O) groups excluding carboxylic acids is 1. The van der Waals surface area contributed by atoms with Crippen molar-refractivity contribution >= 4 is 22.7 Å². The van der Waals surface area contributed by atoms with Crippen molar-refractivity contribution in [2.75, 3.05) is 13.2 Å². The van der Waals surface area contributed by atoms with Gasteiger partial charge in [0.05, 0.1) is 24.8 Å². The van der Waals surface area contributed by atoms with Gasteiger partial charge in [0.25, 0.3) is 0 Å². The van der Waals surface area contributed by atoms with Crippen molar-refractivity contribution in [3.05, 3.63) is 77.8 Å². The Morgan fingerprint density at radius 2 is 2.02 bits per heavy atom. The quantitative estimate of drug-likeness (QED) is 0.408. The minimum absolute atomic E-state index is 0.0648. The lowest BCUT2D eigenvalue weighted by Crippen LogP contribution is -2.38. The van der Waals surface area contributed by atoms with Crippen molar-refractivity contribution < 1.29 is 19.0 Å². The second-order valence-electron chi connectivity index (χ2n) is 11.3. The Morgan fingerprint density at radius 1 is 1.20 bits per heavy atom. The van der Waals surface area contributed by atoms with E-state index in [4.69, 9.17) is 14.2 Å². The Balaban J connectivity index is 1.25. The van der Waals surface area contributed by atoms with Gasteiger partial charge in [0.15, 0.2) is 0 Å². The molecule has 1 aliphatic carbocycles. The molecular formula is C32H32N4O4. The zero-order valence-electron chi connectivity index (χ0n) is 22.9. The predicted molar refractivity (Wildman–Crippen MR) is 152 cm³/mol. The van der Waals surface area contributed by atoms with E-state index in [0.29, 0.717) is 30.9 Å². The predicted octanol–water partition coefficient (Wildman–Crippen LogP) is 6.51. The first-order valence-electron chi connectivity index (χ1n) is 13.7. The molecule has 1 unspecified atom stereocenters. The highest BCUT2D eigenvalue weighted by molar-refractivity contribution is 5.96. The van der Waals surface area contributed by atoms with Crippen LogP contribution in [-0.2, 0) is 9.47 Å². The Bertz CT molecular complexity index is 1600. The van der Waals surface area contributed by atoms with Crippen LogP contribution in [0, 0.1) is 11.3 Å².